The molecule has 0 amide bonds. The predicted octanol–water partition coefficient (Wildman–Crippen LogP) is 3.20. The van der Waals surface area contributed by atoms with Gasteiger partial charge in [0.15, 0.2) is 0 Å². The first-order valence-electron chi connectivity index (χ1n) is 8.55. The van der Waals surface area contributed by atoms with Crippen molar-refractivity contribution in [1.82, 2.24) is 4.90 Å². The Morgan fingerprint density at radius 1 is 0.958 bits per heavy atom. The van der Waals surface area contributed by atoms with Crippen molar-refractivity contribution in [3.8, 4) is 0 Å². The van der Waals surface area contributed by atoms with Gasteiger partial charge in [0.2, 0.25) is 0 Å². The molecule has 1 unspecified atom stereocenters. The Bertz CT molecular complexity index is 609. The molecule has 1 atom stereocenters. The third-order valence-corrected chi connectivity index (χ3v) is 4.67. The van der Waals surface area contributed by atoms with Crippen molar-refractivity contribution in [3.63, 3.8) is 0 Å². The van der Waals surface area contributed by atoms with Crippen molar-refractivity contribution < 1.29 is 9.84 Å². The summed E-state index contributed by atoms with van der Waals surface area (Å²) < 4.78 is 5.50. The van der Waals surface area contributed by atoms with Crippen LogP contribution in [-0.4, -0.2) is 42.4 Å². The molecule has 1 saturated heterocycles. The van der Waals surface area contributed by atoms with Crippen LogP contribution in [0.2, 0.25) is 0 Å². The van der Waals surface area contributed by atoms with Crippen LogP contribution in [-0.2, 0) is 10.3 Å². The summed E-state index contributed by atoms with van der Waals surface area (Å²) in [6.45, 7) is 5.04. The number of benzene rings is 2. The van der Waals surface area contributed by atoms with Crippen LogP contribution in [0.5, 0.6) is 0 Å². The fourth-order valence-corrected chi connectivity index (χ4v) is 3.46. The Morgan fingerprint density at radius 2 is 1.46 bits per heavy atom. The Hall–Kier alpha value is -1.94. The second-order valence-corrected chi connectivity index (χ2v) is 6.12. The molecule has 0 radical (unpaired) electrons. The number of rotatable bonds is 5. The second-order valence-electron chi connectivity index (χ2n) is 6.12. The molecule has 2 aromatic rings. The summed E-state index contributed by atoms with van der Waals surface area (Å²) in [5.74, 6) is 0. The summed E-state index contributed by atoms with van der Waals surface area (Å²) in [4.78, 5) is 2.31. The molecule has 0 spiro atoms. The number of hydrogen-bond acceptors (Lipinski definition) is 3. The van der Waals surface area contributed by atoms with Crippen LogP contribution in [0.25, 0.3) is 0 Å². The number of allylic oxidation sites excluding steroid dienone is 1. The van der Waals surface area contributed by atoms with Crippen molar-refractivity contribution in [2.75, 3.05) is 26.3 Å². The third kappa shape index (κ3) is 3.29. The molecular formula is C21H25NO2. The van der Waals surface area contributed by atoms with Crippen LogP contribution in [0.1, 0.15) is 18.1 Å². The lowest BCUT2D eigenvalue weighted by atomic mass is 9.79. The topological polar surface area (TPSA) is 32.7 Å². The molecule has 1 aliphatic rings. The molecule has 0 saturated carbocycles. The van der Waals surface area contributed by atoms with Crippen LogP contribution < -0.4 is 0 Å². The molecule has 3 heteroatoms. The zero-order chi connectivity index (χ0) is 16.8. The van der Waals surface area contributed by atoms with Gasteiger partial charge in [-0.15, -0.1) is 0 Å². The van der Waals surface area contributed by atoms with Gasteiger partial charge >= 0.3 is 0 Å². The number of aliphatic hydroxyl groups is 1. The molecule has 24 heavy (non-hydrogen) atoms. The maximum Gasteiger partial charge on any atom is 0.134 e. The van der Waals surface area contributed by atoms with Crippen LogP contribution in [0, 0.1) is 0 Å². The van der Waals surface area contributed by atoms with E-state index < -0.39 is 5.60 Å². The van der Waals surface area contributed by atoms with E-state index in [1.807, 2.05) is 73.7 Å². The summed E-state index contributed by atoms with van der Waals surface area (Å²) in [7, 11) is 0. The van der Waals surface area contributed by atoms with Gasteiger partial charge in [0.25, 0.3) is 0 Å². The van der Waals surface area contributed by atoms with E-state index in [1.54, 1.807) is 0 Å². The molecular weight excluding hydrogens is 298 g/mol. The van der Waals surface area contributed by atoms with Crippen molar-refractivity contribution in [2.45, 2.75) is 18.6 Å². The van der Waals surface area contributed by atoms with Gasteiger partial charge in [-0.2, -0.15) is 0 Å². The average Bonchev–Trinajstić information content (AvgIpc) is 2.67. The number of hydrogen-bond donors (Lipinski definition) is 1. The first kappa shape index (κ1) is 16.9. The molecule has 1 aliphatic heterocycles. The highest BCUT2D eigenvalue weighted by Crippen LogP contribution is 2.36. The van der Waals surface area contributed by atoms with E-state index in [2.05, 4.69) is 11.0 Å². The Morgan fingerprint density at radius 3 is 1.92 bits per heavy atom. The Kier molecular flexibility index (Phi) is 5.46. The smallest absolute Gasteiger partial charge is 0.134 e. The molecule has 0 aliphatic carbocycles. The molecule has 3 rings (SSSR count). The lowest BCUT2D eigenvalue weighted by Gasteiger charge is -2.43. The SMILES string of the molecule is C/C=C\C(N1CCOCC1)C(O)(c1ccccc1)c1ccccc1. The molecule has 1 N–H and O–H groups in total. The van der Waals surface area contributed by atoms with Crippen LogP contribution >= 0.6 is 0 Å². The molecule has 1 heterocycles. The first-order valence-corrected chi connectivity index (χ1v) is 8.55. The normalized spacial score (nSPS) is 17.9. The van der Waals surface area contributed by atoms with Crippen molar-refractivity contribution >= 4 is 0 Å². The van der Waals surface area contributed by atoms with Crippen LogP contribution in [0.3, 0.4) is 0 Å². The standard InChI is InChI=1S/C21H25NO2/c1-2-9-20(22-14-16-24-17-15-22)21(23,18-10-5-3-6-11-18)19-12-7-4-8-13-19/h2-13,20,23H,14-17H2,1H3/b9-2-. The minimum atomic E-state index is -1.10. The van der Waals surface area contributed by atoms with Crippen LogP contribution in [0.4, 0.5) is 0 Å². The summed E-state index contributed by atoms with van der Waals surface area (Å²) in [6, 6.07) is 19.8. The molecule has 0 aromatic heterocycles. The van der Waals surface area contributed by atoms with Gasteiger partial charge in [0, 0.05) is 13.1 Å². The molecule has 1 fully saturated rings. The van der Waals surface area contributed by atoms with Gasteiger partial charge in [-0.3, -0.25) is 4.90 Å². The average molecular weight is 323 g/mol. The van der Waals surface area contributed by atoms with E-state index in [0.29, 0.717) is 13.2 Å². The summed E-state index contributed by atoms with van der Waals surface area (Å²) in [5, 5.41) is 12.0. The lowest BCUT2D eigenvalue weighted by molar-refractivity contribution is -0.0426. The van der Waals surface area contributed by atoms with Gasteiger partial charge in [-0.1, -0.05) is 72.8 Å². The van der Waals surface area contributed by atoms with Crippen LogP contribution in [0.15, 0.2) is 72.8 Å². The van der Waals surface area contributed by atoms with Crippen molar-refractivity contribution in [1.29, 1.82) is 0 Å². The highest BCUT2D eigenvalue weighted by Gasteiger charge is 2.42. The summed E-state index contributed by atoms with van der Waals surface area (Å²) in [5.41, 5.74) is 0.711. The van der Waals surface area contributed by atoms with Gasteiger partial charge < -0.3 is 9.84 Å². The highest BCUT2D eigenvalue weighted by atomic mass is 16.5. The van der Waals surface area contributed by atoms with Gasteiger partial charge in [0.05, 0.1) is 19.3 Å². The third-order valence-electron chi connectivity index (χ3n) is 4.67. The fourth-order valence-electron chi connectivity index (χ4n) is 3.46. The van der Waals surface area contributed by atoms with Crippen molar-refractivity contribution in [3.05, 3.63) is 83.9 Å². The van der Waals surface area contributed by atoms with E-state index >= 15 is 0 Å². The number of morpholine rings is 1. The quantitative estimate of drug-likeness (QED) is 0.858. The van der Waals surface area contributed by atoms with Crippen molar-refractivity contribution in [2.24, 2.45) is 0 Å². The zero-order valence-corrected chi connectivity index (χ0v) is 14.1. The van der Waals surface area contributed by atoms with E-state index in [-0.39, 0.29) is 6.04 Å². The summed E-state index contributed by atoms with van der Waals surface area (Å²) >= 11 is 0. The fraction of sp³-hybridized carbons (Fsp3) is 0.333. The highest BCUT2D eigenvalue weighted by molar-refractivity contribution is 5.40. The first-order chi connectivity index (χ1) is 11.8. The maximum absolute atomic E-state index is 12.0. The predicted molar refractivity (Wildman–Crippen MR) is 96.9 cm³/mol. The minimum absolute atomic E-state index is 0.142. The molecule has 3 nitrogen and oxygen atoms in total. The zero-order valence-electron chi connectivity index (χ0n) is 14.1. The van der Waals surface area contributed by atoms with E-state index in [9.17, 15) is 5.11 Å². The maximum atomic E-state index is 12.0. The second kappa shape index (κ2) is 7.75. The van der Waals surface area contributed by atoms with E-state index in [4.69, 9.17) is 4.74 Å². The Labute approximate surface area is 144 Å². The summed E-state index contributed by atoms with van der Waals surface area (Å²) in [6.07, 6.45) is 4.13. The molecule has 2 aromatic carbocycles. The van der Waals surface area contributed by atoms with Gasteiger partial charge in [-0.25, -0.2) is 0 Å². The molecule has 0 bridgehead atoms. The minimum Gasteiger partial charge on any atom is -0.379 e. The largest absolute Gasteiger partial charge is 0.379 e. The number of nitrogens with zero attached hydrogens (tertiary/aromatic N) is 1. The lowest BCUT2D eigenvalue weighted by Crippen LogP contribution is -2.54. The Balaban J connectivity index is 2.11. The number of ether oxygens (including phenoxy) is 1. The van der Waals surface area contributed by atoms with Gasteiger partial charge in [-0.05, 0) is 18.1 Å². The van der Waals surface area contributed by atoms with Gasteiger partial charge in [0.1, 0.15) is 5.60 Å². The molecule has 126 valence electrons. The monoisotopic (exact) mass is 323 g/mol. The van der Waals surface area contributed by atoms with E-state index in [1.165, 1.54) is 0 Å². The van der Waals surface area contributed by atoms with E-state index in [0.717, 1.165) is 24.2 Å².